The van der Waals surface area contributed by atoms with E-state index in [9.17, 15) is 4.39 Å². The molecule has 1 aliphatic rings. The molecule has 0 saturated carbocycles. The molecule has 5 nitrogen and oxygen atoms in total. The van der Waals surface area contributed by atoms with E-state index >= 15 is 0 Å². The third kappa shape index (κ3) is 3.11. The zero-order valence-corrected chi connectivity index (χ0v) is 17.0. The molecule has 0 atom stereocenters. The van der Waals surface area contributed by atoms with E-state index in [2.05, 4.69) is 43.7 Å². The first-order chi connectivity index (χ1) is 15.3. The molecular formula is C25H22FN5. The summed E-state index contributed by atoms with van der Waals surface area (Å²) in [5.41, 5.74) is 6.33. The fourth-order valence-corrected chi connectivity index (χ4v) is 4.72. The van der Waals surface area contributed by atoms with Gasteiger partial charge in [0.05, 0.1) is 22.9 Å². The first kappa shape index (κ1) is 18.3. The van der Waals surface area contributed by atoms with Gasteiger partial charge in [-0.15, -0.1) is 0 Å². The number of aromatic amines is 2. The van der Waals surface area contributed by atoms with Gasteiger partial charge in [-0.25, -0.2) is 4.39 Å². The monoisotopic (exact) mass is 411 g/mol. The number of nitrogens with one attached hydrogen (secondary N) is 3. The molecule has 6 rings (SSSR count). The average Bonchev–Trinajstić information content (AvgIpc) is 3.43. The van der Waals surface area contributed by atoms with E-state index in [-0.39, 0.29) is 5.82 Å². The van der Waals surface area contributed by atoms with Crippen LogP contribution in [0.4, 0.5) is 4.39 Å². The van der Waals surface area contributed by atoms with Gasteiger partial charge in [0.25, 0.3) is 0 Å². The van der Waals surface area contributed by atoms with Crippen LogP contribution in [0.5, 0.6) is 0 Å². The number of piperidine rings is 1. The Labute approximate surface area is 178 Å². The van der Waals surface area contributed by atoms with Gasteiger partial charge in [-0.1, -0.05) is 24.3 Å². The number of benzene rings is 2. The van der Waals surface area contributed by atoms with Crippen LogP contribution >= 0.6 is 0 Å². The molecule has 1 aliphatic heterocycles. The zero-order valence-electron chi connectivity index (χ0n) is 17.0. The van der Waals surface area contributed by atoms with Crippen molar-refractivity contribution in [2.75, 3.05) is 13.1 Å². The van der Waals surface area contributed by atoms with Crippen molar-refractivity contribution in [3.63, 3.8) is 0 Å². The number of pyridine rings is 1. The van der Waals surface area contributed by atoms with Gasteiger partial charge in [-0.05, 0) is 61.7 Å². The third-order valence-corrected chi connectivity index (χ3v) is 6.36. The second kappa shape index (κ2) is 7.32. The molecule has 5 aromatic rings. The maximum absolute atomic E-state index is 14.5. The lowest BCUT2D eigenvalue weighted by Crippen LogP contribution is -2.26. The van der Waals surface area contributed by atoms with Crippen molar-refractivity contribution in [3.8, 4) is 22.5 Å². The zero-order chi connectivity index (χ0) is 20.8. The van der Waals surface area contributed by atoms with Gasteiger partial charge in [0.2, 0.25) is 0 Å². The first-order valence-corrected chi connectivity index (χ1v) is 10.7. The minimum atomic E-state index is -0.253. The van der Waals surface area contributed by atoms with Crippen LogP contribution in [-0.4, -0.2) is 33.3 Å². The second-order valence-corrected chi connectivity index (χ2v) is 8.21. The first-order valence-electron chi connectivity index (χ1n) is 10.7. The maximum atomic E-state index is 14.5. The van der Waals surface area contributed by atoms with Crippen molar-refractivity contribution in [2.45, 2.75) is 18.8 Å². The van der Waals surface area contributed by atoms with E-state index < -0.39 is 0 Å². The number of fused-ring (bicyclic) bond motifs is 2. The highest BCUT2D eigenvalue weighted by Gasteiger charge is 2.19. The van der Waals surface area contributed by atoms with Crippen LogP contribution in [-0.2, 0) is 0 Å². The Hall–Kier alpha value is -3.51. The van der Waals surface area contributed by atoms with Crippen molar-refractivity contribution in [2.24, 2.45) is 0 Å². The Morgan fingerprint density at radius 1 is 0.871 bits per heavy atom. The highest BCUT2D eigenvalue weighted by Crippen LogP contribution is 2.35. The van der Waals surface area contributed by atoms with Gasteiger partial charge < -0.3 is 10.3 Å². The Balaban J connectivity index is 1.48. The molecule has 3 aromatic heterocycles. The molecule has 0 spiro atoms. The molecule has 1 fully saturated rings. The minimum Gasteiger partial charge on any atom is -0.352 e. The van der Waals surface area contributed by atoms with Crippen LogP contribution in [0.15, 0.2) is 60.9 Å². The Morgan fingerprint density at radius 3 is 2.61 bits per heavy atom. The van der Waals surface area contributed by atoms with E-state index in [4.69, 9.17) is 0 Å². The number of halogens is 1. The molecule has 154 valence electrons. The summed E-state index contributed by atoms with van der Waals surface area (Å²) in [6.07, 6.45) is 5.81. The van der Waals surface area contributed by atoms with Gasteiger partial charge >= 0.3 is 0 Å². The number of hydrogen-bond donors (Lipinski definition) is 3. The van der Waals surface area contributed by atoms with Crippen molar-refractivity contribution in [1.82, 2.24) is 25.5 Å². The topological polar surface area (TPSA) is 69.4 Å². The summed E-state index contributed by atoms with van der Waals surface area (Å²) in [5.74, 6) is 0.323. The van der Waals surface area contributed by atoms with E-state index in [1.807, 2.05) is 12.1 Å². The molecule has 2 aromatic carbocycles. The Bertz CT molecular complexity index is 1390. The second-order valence-electron chi connectivity index (χ2n) is 8.21. The van der Waals surface area contributed by atoms with Gasteiger partial charge in [-0.3, -0.25) is 10.1 Å². The van der Waals surface area contributed by atoms with Gasteiger partial charge in [-0.2, -0.15) is 5.10 Å². The van der Waals surface area contributed by atoms with Crippen molar-refractivity contribution in [1.29, 1.82) is 0 Å². The molecule has 3 N–H and O–H groups in total. The van der Waals surface area contributed by atoms with Gasteiger partial charge in [0, 0.05) is 28.1 Å². The lowest BCUT2D eigenvalue weighted by Gasteiger charge is -2.23. The largest absolute Gasteiger partial charge is 0.352 e. The van der Waals surface area contributed by atoms with Gasteiger partial charge in [0.15, 0.2) is 0 Å². The minimum absolute atomic E-state index is 0.253. The van der Waals surface area contributed by atoms with Gasteiger partial charge in [0.1, 0.15) is 11.5 Å². The van der Waals surface area contributed by atoms with Crippen LogP contribution in [0.3, 0.4) is 0 Å². The fourth-order valence-electron chi connectivity index (χ4n) is 4.72. The maximum Gasteiger partial charge on any atom is 0.131 e. The predicted molar refractivity (Wildman–Crippen MR) is 121 cm³/mol. The standard InChI is InChI=1S/C25H22FN5/c26-21-4-2-1-3-17(21)20-13-28-14-24-18(20)12-23(29-24)25-19-11-16(5-6-22(19)30-31-25)15-7-9-27-10-8-15/h1-6,11-15,27,29H,7-10H2,(H,30,31). The molecule has 0 unspecified atom stereocenters. The Kier molecular flexibility index (Phi) is 4.32. The molecule has 0 amide bonds. The van der Waals surface area contributed by atoms with E-state index in [0.717, 1.165) is 64.7 Å². The number of nitrogens with zero attached hydrogens (tertiary/aromatic N) is 2. The molecule has 31 heavy (non-hydrogen) atoms. The molecule has 6 heteroatoms. The van der Waals surface area contributed by atoms with Crippen molar-refractivity contribution in [3.05, 3.63) is 72.3 Å². The third-order valence-electron chi connectivity index (χ3n) is 6.36. The van der Waals surface area contributed by atoms with E-state index in [1.165, 1.54) is 11.6 Å². The highest BCUT2D eigenvalue weighted by molar-refractivity contribution is 6.00. The van der Waals surface area contributed by atoms with E-state index in [1.54, 1.807) is 24.5 Å². The molecule has 4 heterocycles. The van der Waals surface area contributed by atoms with Crippen LogP contribution < -0.4 is 5.32 Å². The van der Waals surface area contributed by atoms with Crippen LogP contribution in [0.1, 0.15) is 24.3 Å². The lowest BCUT2D eigenvalue weighted by molar-refractivity contribution is 0.460. The summed E-state index contributed by atoms with van der Waals surface area (Å²) in [6.45, 7) is 2.13. The summed E-state index contributed by atoms with van der Waals surface area (Å²) >= 11 is 0. The number of H-pyrrole nitrogens is 2. The summed E-state index contributed by atoms with van der Waals surface area (Å²) in [7, 11) is 0. The lowest BCUT2D eigenvalue weighted by atomic mass is 9.89. The number of rotatable bonds is 3. The summed E-state index contributed by atoms with van der Waals surface area (Å²) < 4.78 is 14.5. The van der Waals surface area contributed by atoms with Crippen molar-refractivity contribution >= 4 is 21.8 Å². The van der Waals surface area contributed by atoms with Crippen LogP contribution in [0.25, 0.3) is 44.3 Å². The predicted octanol–water partition coefficient (Wildman–Crippen LogP) is 5.38. The summed E-state index contributed by atoms with van der Waals surface area (Å²) in [6, 6.07) is 15.5. The molecule has 0 bridgehead atoms. The molecule has 1 saturated heterocycles. The smallest absolute Gasteiger partial charge is 0.131 e. The van der Waals surface area contributed by atoms with Crippen LogP contribution in [0.2, 0.25) is 0 Å². The van der Waals surface area contributed by atoms with E-state index in [0.29, 0.717) is 11.5 Å². The summed E-state index contributed by atoms with van der Waals surface area (Å²) in [5, 5.41) is 13.2. The fraction of sp³-hybridized carbons (Fsp3) is 0.200. The Morgan fingerprint density at radius 2 is 1.74 bits per heavy atom. The normalized spacial score (nSPS) is 15.1. The quantitative estimate of drug-likeness (QED) is 0.373. The number of hydrogen-bond acceptors (Lipinski definition) is 3. The summed E-state index contributed by atoms with van der Waals surface area (Å²) in [4.78, 5) is 7.77. The average molecular weight is 411 g/mol. The highest BCUT2D eigenvalue weighted by atomic mass is 19.1. The number of aromatic nitrogens is 4. The molecule has 0 aliphatic carbocycles. The molecule has 0 radical (unpaired) electrons. The molecular weight excluding hydrogens is 389 g/mol. The van der Waals surface area contributed by atoms with Crippen LogP contribution in [0, 0.1) is 5.82 Å². The SMILES string of the molecule is Fc1ccccc1-c1cncc2[nH]c(-c3n[nH]c4ccc(C5CCNCC5)cc34)cc12. The van der Waals surface area contributed by atoms with Crippen molar-refractivity contribution < 1.29 is 4.39 Å².